The fourth-order valence-corrected chi connectivity index (χ4v) is 1.57. The predicted molar refractivity (Wildman–Crippen MR) is 54.3 cm³/mol. The van der Waals surface area contributed by atoms with Crippen molar-refractivity contribution in [3.63, 3.8) is 0 Å². The second-order valence-electron chi connectivity index (χ2n) is 3.87. The summed E-state index contributed by atoms with van der Waals surface area (Å²) in [6.45, 7) is 4.00. The third-order valence-corrected chi connectivity index (χ3v) is 2.40. The van der Waals surface area contributed by atoms with Crippen LogP contribution < -0.4 is 0 Å². The lowest BCUT2D eigenvalue weighted by molar-refractivity contribution is -0.117. The van der Waals surface area contributed by atoms with Gasteiger partial charge in [-0.05, 0) is 32.6 Å². The van der Waals surface area contributed by atoms with Crippen LogP contribution in [-0.2, 0) is 14.3 Å². The van der Waals surface area contributed by atoms with Crippen molar-refractivity contribution in [2.45, 2.75) is 45.1 Å². The lowest BCUT2D eigenvalue weighted by atomic mass is 10.2. The third-order valence-electron chi connectivity index (χ3n) is 2.40. The molecule has 0 bridgehead atoms. The van der Waals surface area contributed by atoms with Gasteiger partial charge in [-0.15, -0.1) is 0 Å². The first-order valence-electron chi connectivity index (χ1n) is 5.48. The van der Waals surface area contributed by atoms with Crippen molar-refractivity contribution in [2.24, 2.45) is 0 Å². The number of unbranched alkanes of at least 4 members (excludes halogenated alkanes) is 1. The summed E-state index contributed by atoms with van der Waals surface area (Å²) >= 11 is 0. The van der Waals surface area contributed by atoms with Gasteiger partial charge in [-0.2, -0.15) is 0 Å². The Morgan fingerprint density at radius 2 is 2.36 bits per heavy atom. The molecule has 3 nitrogen and oxygen atoms in total. The number of hydrogen-bond donors (Lipinski definition) is 0. The highest BCUT2D eigenvalue weighted by molar-refractivity contribution is 5.75. The maximum atomic E-state index is 10.6. The molecule has 0 N–H and O–H groups in total. The molecule has 1 rings (SSSR count). The molecule has 3 heteroatoms. The fraction of sp³-hybridized carbons (Fsp3) is 0.909. The van der Waals surface area contributed by atoms with Gasteiger partial charge in [0, 0.05) is 19.6 Å². The normalized spacial score (nSPS) is 21.4. The van der Waals surface area contributed by atoms with E-state index >= 15 is 0 Å². The number of Topliss-reactive ketones (excluding diaryl/α,β-unsaturated/α-hetero) is 1. The van der Waals surface area contributed by atoms with Crippen molar-refractivity contribution in [1.29, 1.82) is 0 Å². The van der Waals surface area contributed by atoms with E-state index in [-0.39, 0.29) is 5.78 Å². The standard InChI is InChI=1S/C11H20O3/c1-10(12)5-2-3-7-13-9-11-6-4-8-14-11/h11H,2-9H2,1H3. The van der Waals surface area contributed by atoms with Crippen LogP contribution in [0, 0.1) is 0 Å². The van der Waals surface area contributed by atoms with Gasteiger partial charge in [-0.1, -0.05) is 0 Å². The van der Waals surface area contributed by atoms with Crippen LogP contribution in [0.25, 0.3) is 0 Å². The summed E-state index contributed by atoms with van der Waals surface area (Å²) in [5, 5.41) is 0. The van der Waals surface area contributed by atoms with Gasteiger partial charge in [0.15, 0.2) is 0 Å². The maximum absolute atomic E-state index is 10.6. The Balaban J connectivity index is 1.82. The molecule has 1 heterocycles. The zero-order valence-electron chi connectivity index (χ0n) is 8.96. The summed E-state index contributed by atoms with van der Waals surface area (Å²) in [4.78, 5) is 10.6. The van der Waals surface area contributed by atoms with E-state index in [4.69, 9.17) is 9.47 Å². The van der Waals surface area contributed by atoms with E-state index in [1.54, 1.807) is 6.92 Å². The van der Waals surface area contributed by atoms with Gasteiger partial charge in [0.2, 0.25) is 0 Å². The van der Waals surface area contributed by atoms with Crippen LogP contribution in [-0.4, -0.2) is 31.7 Å². The van der Waals surface area contributed by atoms with E-state index in [9.17, 15) is 4.79 Å². The molecule has 1 unspecified atom stereocenters. The zero-order valence-corrected chi connectivity index (χ0v) is 8.96. The minimum atomic E-state index is 0.268. The van der Waals surface area contributed by atoms with Crippen LogP contribution in [0.2, 0.25) is 0 Å². The molecule has 0 radical (unpaired) electrons. The zero-order chi connectivity index (χ0) is 10.2. The van der Waals surface area contributed by atoms with E-state index < -0.39 is 0 Å². The number of carbonyl (C=O) groups is 1. The molecule has 1 saturated heterocycles. The molecule has 1 aliphatic rings. The summed E-state index contributed by atoms with van der Waals surface area (Å²) < 4.78 is 10.9. The summed E-state index contributed by atoms with van der Waals surface area (Å²) in [5.41, 5.74) is 0. The molecule has 14 heavy (non-hydrogen) atoms. The van der Waals surface area contributed by atoms with E-state index in [2.05, 4.69) is 0 Å². The second kappa shape index (κ2) is 6.96. The molecule has 1 atom stereocenters. The number of carbonyl (C=O) groups excluding carboxylic acids is 1. The van der Waals surface area contributed by atoms with Crippen LogP contribution >= 0.6 is 0 Å². The third kappa shape index (κ3) is 5.35. The Bertz CT molecular complexity index is 162. The van der Waals surface area contributed by atoms with Gasteiger partial charge in [0.1, 0.15) is 5.78 Å². The molecule has 0 aliphatic carbocycles. The average Bonchev–Trinajstić information content (AvgIpc) is 2.63. The molecule has 0 amide bonds. The first-order valence-corrected chi connectivity index (χ1v) is 5.48. The van der Waals surface area contributed by atoms with E-state index in [0.717, 1.165) is 39.1 Å². The molecule has 0 aromatic heterocycles. The largest absolute Gasteiger partial charge is 0.379 e. The monoisotopic (exact) mass is 200 g/mol. The Kier molecular flexibility index (Phi) is 5.80. The van der Waals surface area contributed by atoms with Crippen molar-refractivity contribution in [3.05, 3.63) is 0 Å². The fourth-order valence-electron chi connectivity index (χ4n) is 1.57. The Morgan fingerprint density at radius 3 is 3.00 bits per heavy atom. The molecule has 0 aromatic rings. The van der Waals surface area contributed by atoms with Crippen LogP contribution in [0.5, 0.6) is 0 Å². The Morgan fingerprint density at radius 1 is 1.50 bits per heavy atom. The minimum Gasteiger partial charge on any atom is -0.379 e. The van der Waals surface area contributed by atoms with E-state index in [1.807, 2.05) is 0 Å². The molecular weight excluding hydrogens is 180 g/mol. The molecule has 0 aromatic carbocycles. The first kappa shape index (κ1) is 11.7. The molecular formula is C11H20O3. The number of hydrogen-bond acceptors (Lipinski definition) is 3. The summed E-state index contributed by atoms with van der Waals surface area (Å²) in [6, 6.07) is 0. The highest BCUT2D eigenvalue weighted by Crippen LogP contribution is 2.12. The highest BCUT2D eigenvalue weighted by Gasteiger charge is 2.14. The van der Waals surface area contributed by atoms with E-state index in [1.165, 1.54) is 6.42 Å². The van der Waals surface area contributed by atoms with Gasteiger partial charge < -0.3 is 14.3 Å². The van der Waals surface area contributed by atoms with Gasteiger partial charge in [0.05, 0.1) is 12.7 Å². The smallest absolute Gasteiger partial charge is 0.129 e. The number of rotatable bonds is 7. The average molecular weight is 200 g/mol. The van der Waals surface area contributed by atoms with Gasteiger partial charge >= 0.3 is 0 Å². The van der Waals surface area contributed by atoms with E-state index in [0.29, 0.717) is 12.5 Å². The van der Waals surface area contributed by atoms with Crippen molar-refractivity contribution >= 4 is 5.78 Å². The van der Waals surface area contributed by atoms with Crippen LogP contribution in [0.4, 0.5) is 0 Å². The van der Waals surface area contributed by atoms with Gasteiger partial charge in [0.25, 0.3) is 0 Å². The molecule has 0 spiro atoms. The number of ketones is 1. The van der Waals surface area contributed by atoms with Crippen LogP contribution in [0.15, 0.2) is 0 Å². The van der Waals surface area contributed by atoms with Crippen LogP contribution in [0.1, 0.15) is 39.0 Å². The summed E-state index contributed by atoms with van der Waals surface area (Å²) in [6.07, 6.45) is 5.23. The van der Waals surface area contributed by atoms with Crippen molar-refractivity contribution in [2.75, 3.05) is 19.8 Å². The Hall–Kier alpha value is -0.410. The SMILES string of the molecule is CC(=O)CCCCOCC1CCCO1. The molecule has 0 saturated carbocycles. The second-order valence-corrected chi connectivity index (χ2v) is 3.87. The van der Waals surface area contributed by atoms with Crippen molar-refractivity contribution in [1.82, 2.24) is 0 Å². The molecule has 82 valence electrons. The van der Waals surface area contributed by atoms with Gasteiger partial charge in [-0.3, -0.25) is 0 Å². The van der Waals surface area contributed by atoms with Crippen molar-refractivity contribution in [3.8, 4) is 0 Å². The maximum Gasteiger partial charge on any atom is 0.129 e. The summed E-state index contributed by atoms with van der Waals surface area (Å²) in [7, 11) is 0. The molecule has 1 fully saturated rings. The highest BCUT2D eigenvalue weighted by atomic mass is 16.5. The first-order chi connectivity index (χ1) is 6.79. The van der Waals surface area contributed by atoms with Crippen molar-refractivity contribution < 1.29 is 14.3 Å². The van der Waals surface area contributed by atoms with Crippen LogP contribution in [0.3, 0.4) is 0 Å². The summed E-state index contributed by atoms with van der Waals surface area (Å²) in [5.74, 6) is 0.268. The predicted octanol–water partition coefficient (Wildman–Crippen LogP) is 1.94. The quantitative estimate of drug-likeness (QED) is 0.589. The lowest BCUT2D eigenvalue weighted by Gasteiger charge is -2.09. The number of ether oxygens (including phenoxy) is 2. The molecule has 1 aliphatic heterocycles. The Labute approximate surface area is 85.8 Å². The topological polar surface area (TPSA) is 35.5 Å². The lowest BCUT2D eigenvalue weighted by Crippen LogP contribution is -2.14. The minimum absolute atomic E-state index is 0.268. The van der Waals surface area contributed by atoms with Gasteiger partial charge in [-0.25, -0.2) is 0 Å².